The van der Waals surface area contributed by atoms with E-state index in [9.17, 15) is 8.42 Å². The standard InChI is InChI=1S/C12H12Cl2N4O2S/c1-2-7-3-4-8(15)5-9(7)21(19,20)18-11-6-10(13)16-12(14)17-11/h3-6H,2,15H2,1H3,(H,16,17,18). The molecule has 0 saturated heterocycles. The highest BCUT2D eigenvalue weighted by molar-refractivity contribution is 7.92. The molecule has 2 rings (SSSR count). The van der Waals surface area contributed by atoms with E-state index in [4.69, 9.17) is 28.9 Å². The van der Waals surface area contributed by atoms with Gasteiger partial charge in [-0.15, -0.1) is 0 Å². The van der Waals surface area contributed by atoms with Crippen LogP contribution in [0.4, 0.5) is 11.5 Å². The molecule has 0 unspecified atom stereocenters. The van der Waals surface area contributed by atoms with Crippen molar-refractivity contribution < 1.29 is 8.42 Å². The summed E-state index contributed by atoms with van der Waals surface area (Å²) in [6, 6.07) is 5.98. The smallest absolute Gasteiger partial charge is 0.263 e. The maximum Gasteiger partial charge on any atom is 0.263 e. The molecule has 21 heavy (non-hydrogen) atoms. The third kappa shape index (κ3) is 3.75. The van der Waals surface area contributed by atoms with Crippen molar-refractivity contribution in [2.24, 2.45) is 0 Å². The molecule has 1 aromatic heterocycles. The lowest BCUT2D eigenvalue weighted by atomic mass is 10.1. The highest BCUT2D eigenvalue weighted by atomic mass is 35.5. The van der Waals surface area contributed by atoms with E-state index < -0.39 is 10.0 Å². The number of hydrogen-bond donors (Lipinski definition) is 2. The molecular weight excluding hydrogens is 335 g/mol. The zero-order valence-electron chi connectivity index (χ0n) is 11.0. The minimum atomic E-state index is -3.85. The van der Waals surface area contributed by atoms with Gasteiger partial charge in [-0.2, -0.15) is 4.98 Å². The van der Waals surface area contributed by atoms with Crippen LogP contribution in [-0.2, 0) is 16.4 Å². The SMILES string of the molecule is CCc1ccc(N)cc1S(=O)(=O)Nc1cc(Cl)nc(Cl)n1. The Morgan fingerprint density at radius 1 is 1.24 bits per heavy atom. The Labute approximate surface area is 132 Å². The van der Waals surface area contributed by atoms with Gasteiger partial charge in [-0.05, 0) is 35.7 Å². The van der Waals surface area contributed by atoms with E-state index in [1.54, 1.807) is 12.1 Å². The average Bonchev–Trinajstić information content (AvgIpc) is 2.36. The highest BCUT2D eigenvalue weighted by Gasteiger charge is 2.19. The first kappa shape index (κ1) is 15.8. The van der Waals surface area contributed by atoms with Crippen LogP contribution in [0, 0.1) is 0 Å². The second-order valence-electron chi connectivity index (χ2n) is 4.17. The van der Waals surface area contributed by atoms with Crippen LogP contribution in [0.2, 0.25) is 10.4 Å². The summed E-state index contributed by atoms with van der Waals surface area (Å²) in [4.78, 5) is 7.51. The molecule has 9 heteroatoms. The van der Waals surface area contributed by atoms with Crippen LogP contribution in [-0.4, -0.2) is 18.4 Å². The largest absolute Gasteiger partial charge is 0.399 e. The molecule has 1 heterocycles. The lowest BCUT2D eigenvalue weighted by Gasteiger charge is -2.12. The Hall–Kier alpha value is -1.57. The predicted molar refractivity (Wildman–Crippen MR) is 83.1 cm³/mol. The van der Waals surface area contributed by atoms with Crippen LogP contribution in [0.15, 0.2) is 29.2 Å². The van der Waals surface area contributed by atoms with Gasteiger partial charge in [0, 0.05) is 11.8 Å². The molecule has 0 aliphatic rings. The number of benzene rings is 1. The molecule has 0 fully saturated rings. The predicted octanol–water partition coefficient (Wildman–Crippen LogP) is 2.73. The van der Waals surface area contributed by atoms with E-state index in [2.05, 4.69) is 14.7 Å². The van der Waals surface area contributed by atoms with Crippen LogP contribution in [0.1, 0.15) is 12.5 Å². The fourth-order valence-electron chi connectivity index (χ4n) is 1.75. The summed E-state index contributed by atoms with van der Waals surface area (Å²) in [5, 5.41) is -0.112. The van der Waals surface area contributed by atoms with Gasteiger partial charge in [0.05, 0.1) is 4.90 Å². The first-order valence-electron chi connectivity index (χ1n) is 5.93. The van der Waals surface area contributed by atoms with Crippen molar-refractivity contribution >= 4 is 44.7 Å². The van der Waals surface area contributed by atoms with Crippen molar-refractivity contribution in [1.29, 1.82) is 0 Å². The van der Waals surface area contributed by atoms with E-state index in [0.29, 0.717) is 17.7 Å². The minimum Gasteiger partial charge on any atom is -0.399 e. The van der Waals surface area contributed by atoms with Crippen molar-refractivity contribution in [1.82, 2.24) is 9.97 Å². The number of nitrogens with two attached hydrogens (primary N) is 1. The van der Waals surface area contributed by atoms with Crippen molar-refractivity contribution in [3.63, 3.8) is 0 Å². The molecule has 0 atom stereocenters. The fraction of sp³-hybridized carbons (Fsp3) is 0.167. The monoisotopic (exact) mass is 346 g/mol. The number of rotatable bonds is 4. The molecule has 1 aromatic carbocycles. The first-order chi connectivity index (χ1) is 9.81. The topological polar surface area (TPSA) is 98.0 Å². The molecular formula is C12H12Cl2N4O2S. The maximum absolute atomic E-state index is 12.4. The summed E-state index contributed by atoms with van der Waals surface area (Å²) in [5.41, 5.74) is 6.66. The number of nitrogens with one attached hydrogen (secondary N) is 1. The number of nitrogens with zero attached hydrogens (tertiary/aromatic N) is 2. The lowest BCUT2D eigenvalue weighted by Crippen LogP contribution is -2.16. The molecule has 0 aliphatic heterocycles. The summed E-state index contributed by atoms with van der Waals surface area (Å²) in [6.45, 7) is 1.85. The van der Waals surface area contributed by atoms with Gasteiger partial charge in [0.15, 0.2) is 0 Å². The normalized spacial score (nSPS) is 11.4. The van der Waals surface area contributed by atoms with Crippen LogP contribution < -0.4 is 10.5 Å². The van der Waals surface area contributed by atoms with Gasteiger partial charge < -0.3 is 5.73 Å². The molecule has 0 radical (unpaired) electrons. The molecule has 112 valence electrons. The van der Waals surface area contributed by atoms with E-state index in [1.165, 1.54) is 12.1 Å². The van der Waals surface area contributed by atoms with Crippen molar-refractivity contribution in [3.05, 3.63) is 40.3 Å². The molecule has 0 bridgehead atoms. The van der Waals surface area contributed by atoms with Gasteiger partial charge in [0.25, 0.3) is 10.0 Å². The average molecular weight is 347 g/mol. The zero-order valence-corrected chi connectivity index (χ0v) is 13.3. The maximum atomic E-state index is 12.4. The minimum absolute atomic E-state index is 0.00974. The summed E-state index contributed by atoms with van der Waals surface area (Å²) >= 11 is 11.4. The van der Waals surface area contributed by atoms with Gasteiger partial charge >= 0.3 is 0 Å². The Kier molecular flexibility index (Phi) is 4.55. The highest BCUT2D eigenvalue weighted by Crippen LogP contribution is 2.23. The molecule has 6 nitrogen and oxygen atoms in total. The third-order valence-electron chi connectivity index (χ3n) is 2.67. The van der Waals surface area contributed by atoms with Crippen LogP contribution in [0.25, 0.3) is 0 Å². The lowest BCUT2D eigenvalue weighted by molar-refractivity contribution is 0.600. The van der Waals surface area contributed by atoms with E-state index in [-0.39, 0.29) is 21.2 Å². The Morgan fingerprint density at radius 3 is 2.57 bits per heavy atom. The van der Waals surface area contributed by atoms with Crippen molar-refractivity contribution in [3.8, 4) is 0 Å². The molecule has 2 aromatic rings. The molecule has 0 amide bonds. The summed E-state index contributed by atoms with van der Waals surface area (Å²) in [7, 11) is -3.85. The Morgan fingerprint density at radius 2 is 1.95 bits per heavy atom. The number of halogens is 2. The van der Waals surface area contributed by atoms with Gasteiger partial charge in [0.2, 0.25) is 5.28 Å². The van der Waals surface area contributed by atoms with E-state index in [0.717, 1.165) is 0 Å². The second-order valence-corrected chi connectivity index (χ2v) is 6.55. The van der Waals surface area contributed by atoms with Gasteiger partial charge in [-0.3, -0.25) is 4.72 Å². The quantitative estimate of drug-likeness (QED) is 0.503. The fourth-order valence-corrected chi connectivity index (χ4v) is 3.50. The number of anilines is 2. The van der Waals surface area contributed by atoms with Crippen molar-refractivity contribution in [2.45, 2.75) is 18.2 Å². The molecule has 0 saturated carbocycles. The van der Waals surface area contributed by atoms with E-state index >= 15 is 0 Å². The third-order valence-corrected chi connectivity index (χ3v) is 4.47. The summed E-state index contributed by atoms with van der Waals surface area (Å²) < 4.78 is 27.2. The number of aromatic nitrogens is 2. The number of aryl methyl sites for hydroxylation is 1. The Balaban J connectivity index is 2.45. The molecule has 0 aliphatic carbocycles. The van der Waals surface area contributed by atoms with Crippen molar-refractivity contribution in [2.75, 3.05) is 10.5 Å². The van der Waals surface area contributed by atoms with Gasteiger partial charge in [-0.25, -0.2) is 13.4 Å². The Bertz CT molecular complexity index is 761. The number of hydrogen-bond acceptors (Lipinski definition) is 5. The summed E-state index contributed by atoms with van der Waals surface area (Å²) in [5.74, 6) is -0.00974. The van der Waals surface area contributed by atoms with Crippen LogP contribution in [0.5, 0.6) is 0 Å². The van der Waals surface area contributed by atoms with E-state index in [1.807, 2.05) is 6.92 Å². The summed E-state index contributed by atoms with van der Waals surface area (Å²) in [6.07, 6.45) is 0.543. The zero-order chi connectivity index (χ0) is 15.6. The molecule has 3 N–H and O–H groups in total. The number of sulfonamides is 1. The van der Waals surface area contributed by atoms with Gasteiger partial charge in [-0.1, -0.05) is 24.6 Å². The number of nitrogen functional groups attached to an aromatic ring is 1. The van der Waals surface area contributed by atoms with Crippen LogP contribution >= 0.6 is 23.2 Å². The van der Waals surface area contributed by atoms with Crippen LogP contribution in [0.3, 0.4) is 0 Å². The van der Waals surface area contributed by atoms with Gasteiger partial charge in [0.1, 0.15) is 11.0 Å². The first-order valence-corrected chi connectivity index (χ1v) is 8.17. The second kappa shape index (κ2) is 6.05. The molecule has 0 spiro atoms.